The molecule has 0 unspecified atom stereocenters. The zero-order valence-corrected chi connectivity index (χ0v) is 12.2. The molecule has 2 aliphatic carbocycles. The lowest BCUT2D eigenvalue weighted by Crippen LogP contribution is -2.27. The van der Waals surface area contributed by atoms with E-state index in [4.69, 9.17) is 0 Å². The molecule has 0 atom stereocenters. The highest BCUT2D eigenvalue weighted by Crippen LogP contribution is 2.48. The summed E-state index contributed by atoms with van der Waals surface area (Å²) in [6, 6.07) is 0. The third-order valence-electron chi connectivity index (χ3n) is 5.47. The molecule has 0 nitrogen and oxygen atoms in total. The average molecular weight is 236 g/mol. The van der Waals surface area contributed by atoms with Crippen LogP contribution in [0.25, 0.3) is 0 Å². The first-order valence-electron chi connectivity index (χ1n) is 8.12. The van der Waals surface area contributed by atoms with E-state index in [1.54, 1.807) is 0 Å². The lowest BCUT2D eigenvalue weighted by Gasteiger charge is -2.39. The SMILES string of the molecule is CC1(CC2(C)CCCCCC2)CCCCCC1. The molecule has 2 saturated carbocycles. The summed E-state index contributed by atoms with van der Waals surface area (Å²) in [7, 11) is 0. The first-order chi connectivity index (χ1) is 8.12. The number of hydrogen-bond acceptors (Lipinski definition) is 0. The fourth-order valence-corrected chi connectivity index (χ4v) is 4.55. The fourth-order valence-electron chi connectivity index (χ4n) is 4.55. The topological polar surface area (TPSA) is 0 Å². The van der Waals surface area contributed by atoms with E-state index in [1.807, 2.05) is 0 Å². The molecule has 2 fully saturated rings. The fraction of sp³-hybridized carbons (Fsp3) is 1.00. The molecule has 0 aromatic heterocycles. The summed E-state index contributed by atoms with van der Waals surface area (Å²) in [6.45, 7) is 5.18. The van der Waals surface area contributed by atoms with Crippen LogP contribution in [0.5, 0.6) is 0 Å². The maximum absolute atomic E-state index is 2.59. The highest BCUT2D eigenvalue weighted by molar-refractivity contribution is 4.87. The van der Waals surface area contributed by atoms with Crippen LogP contribution in [0, 0.1) is 10.8 Å². The van der Waals surface area contributed by atoms with Gasteiger partial charge in [0.15, 0.2) is 0 Å². The van der Waals surface area contributed by atoms with E-state index in [-0.39, 0.29) is 0 Å². The van der Waals surface area contributed by atoms with Crippen LogP contribution in [0.3, 0.4) is 0 Å². The van der Waals surface area contributed by atoms with Crippen molar-refractivity contribution in [3.63, 3.8) is 0 Å². The Bertz CT molecular complexity index is 188. The average Bonchev–Trinajstić information content (AvgIpc) is 2.59. The van der Waals surface area contributed by atoms with Crippen LogP contribution in [0.15, 0.2) is 0 Å². The van der Waals surface area contributed by atoms with E-state index in [0.717, 1.165) is 0 Å². The van der Waals surface area contributed by atoms with Crippen LogP contribution < -0.4 is 0 Å². The van der Waals surface area contributed by atoms with Crippen molar-refractivity contribution in [1.82, 2.24) is 0 Å². The van der Waals surface area contributed by atoms with Gasteiger partial charge < -0.3 is 0 Å². The molecule has 0 heteroatoms. The summed E-state index contributed by atoms with van der Waals surface area (Å²) < 4.78 is 0. The van der Waals surface area contributed by atoms with Crippen molar-refractivity contribution in [2.45, 2.75) is 97.3 Å². The Morgan fingerprint density at radius 1 is 0.529 bits per heavy atom. The van der Waals surface area contributed by atoms with Crippen LogP contribution in [0.1, 0.15) is 97.3 Å². The van der Waals surface area contributed by atoms with Gasteiger partial charge in [-0.25, -0.2) is 0 Å². The predicted octanol–water partition coefficient (Wildman–Crippen LogP) is 6.10. The molecule has 0 N–H and O–H groups in total. The van der Waals surface area contributed by atoms with Gasteiger partial charge in [-0.3, -0.25) is 0 Å². The van der Waals surface area contributed by atoms with Crippen LogP contribution in [0.4, 0.5) is 0 Å². The molecular formula is C17H32. The molecule has 2 rings (SSSR count). The van der Waals surface area contributed by atoms with Gasteiger partial charge in [-0.05, 0) is 42.9 Å². The summed E-state index contributed by atoms with van der Waals surface area (Å²) >= 11 is 0. The summed E-state index contributed by atoms with van der Waals surface area (Å²) in [5.41, 5.74) is 1.35. The lowest BCUT2D eigenvalue weighted by molar-refractivity contribution is 0.123. The maximum atomic E-state index is 2.59. The van der Waals surface area contributed by atoms with Gasteiger partial charge in [0.05, 0.1) is 0 Å². The van der Waals surface area contributed by atoms with Gasteiger partial charge in [0.2, 0.25) is 0 Å². The van der Waals surface area contributed by atoms with E-state index in [9.17, 15) is 0 Å². The normalized spacial score (nSPS) is 29.3. The zero-order valence-electron chi connectivity index (χ0n) is 12.2. The second-order valence-corrected chi connectivity index (χ2v) is 7.63. The Kier molecular flexibility index (Phi) is 4.55. The molecule has 0 heterocycles. The molecule has 0 bridgehead atoms. The third-order valence-corrected chi connectivity index (χ3v) is 5.47. The second-order valence-electron chi connectivity index (χ2n) is 7.63. The molecular weight excluding hydrogens is 204 g/mol. The predicted molar refractivity (Wildman–Crippen MR) is 76.2 cm³/mol. The zero-order chi connectivity index (χ0) is 12.2. The van der Waals surface area contributed by atoms with Crippen LogP contribution in [-0.2, 0) is 0 Å². The molecule has 0 radical (unpaired) electrons. The molecule has 0 saturated heterocycles. The van der Waals surface area contributed by atoms with E-state index in [0.29, 0.717) is 10.8 Å². The van der Waals surface area contributed by atoms with Gasteiger partial charge in [0, 0.05) is 0 Å². The van der Waals surface area contributed by atoms with Gasteiger partial charge >= 0.3 is 0 Å². The van der Waals surface area contributed by atoms with Crippen molar-refractivity contribution in [1.29, 1.82) is 0 Å². The Morgan fingerprint density at radius 3 is 1.12 bits per heavy atom. The van der Waals surface area contributed by atoms with Crippen LogP contribution in [0.2, 0.25) is 0 Å². The molecule has 100 valence electrons. The highest BCUT2D eigenvalue weighted by Gasteiger charge is 2.35. The first kappa shape index (κ1) is 13.4. The van der Waals surface area contributed by atoms with Crippen LogP contribution >= 0.6 is 0 Å². The van der Waals surface area contributed by atoms with Crippen LogP contribution in [-0.4, -0.2) is 0 Å². The van der Waals surface area contributed by atoms with E-state index in [1.165, 1.54) is 83.5 Å². The minimum atomic E-state index is 0.676. The molecule has 0 spiro atoms. The van der Waals surface area contributed by atoms with Gasteiger partial charge in [0.1, 0.15) is 0 Å². The molecule has 0 amide bonds. The largest absolute Gasteiger partial charge is 0.0596 e. The Hall–Kier alpha value is 0. The number of hydrogen-bond donors (Lipinski definition) is 0. The van der Waals surface area contributed by atoms with Crippen molar-refractivity contribution in [3.8, 4) is 0 Å². The molecule has 2 aliphatic rings. The minimum Gasteiger partial charge on any atom is -0.0596 e. The van der Waals surface area contributed by atoms with Crippen molar-refractivity contribution in [3.05, 3.63) is 0 Å². The van der Waals surface area contributed by atoms with Gasteiger partial charge in [-0.1, -0.05) is 65.2 Å². The summed E-state index contributed by atoms with van der Waals surface area (Å²) in [5, 5.41) is 0. The van der Waals surface area contributed by atoms with E-state index < -0.39 is 0 Å². The van der Waals surface area contributed by atoms with Gasteiger partial charge in [-0.2, -0.15) is 0 Å². The van der Waals surface area contributed by atoms with Crippen molar-refractivity contribution in [2.24, 2.45) is 10.8 Å². The summed E-state index contributed by atoms with van der Waals surface area (Å²) in [6.07, 6.45) is 19.5. The van der Waals surface area contributed by atoms with Gasteiger partial charge in [0.25, 0.3) is 0 Å². The summed E-state index contributed by atoms with van der Waals surface area (Å²) in [4.78, 5) is 0. The molecule has 0 aromatic rings. The van der Waals surface area contributed by atoms with Crippen molar-refractivity contribution < 1.29 is 0 Å². The summed E-state index contributed by atoms with van der Waals surface area (Å²) in [5.74, 6) is 0. The lowest BCUT2D eigenvalue weighted by atomic mass is 9.66. The number of rotatable bonds is 2. The standard InChI is InChI=1S/C17H32/c1-16(11-7-3-4-8-12-16)15-17(2)13-9-5-6-10-14-17/h3-15H2,1-2H3. The van der Waals surface area contributed by atoms with Gasteiger partial charge in [-0.15, -0.1) is 0 Å². The second kappa shape index (κ2) is 5.76. The third kappa shape index (κ3) is 4.00. The molecule has 17 heavy (non-hydrogen) atoms. The van der Waals surface area contributed by atoms with Crippen molar-refractivity contribution >= 4 is 0 Å². The van der Waals surface area contributed by atoms with Crippen molar-refractivity contribution in [2.75, 3.05) is 0 Å². The highest BCUT2D eigenvalue weighted by atomic mass is 14.4. The Balaban J connectivity index is 1.96. The quantitative estimate of drug-likeness (QED) is 0.508. The van der Waals surface area contributed by atoms with E-state index in [2.05, 4.69) is 13.8 Å². The maximum Gasteiger partial charge on any atom is -0.0321 e. The minimum absolute atomic E-state index is 0.676. The Labute approximate surface area is 109 Å². The molecule has 0 aromatic carbocycles. The smallest absolute Gasteiger partial charge is 0.0321 e. The van der Waals surface area contributed by atoms with E-state index >= 15 is 0 Å². The molecule has 0 aliphatic heterocycles. The Morgan fingerprint density at radius 2 is 0.824 bits per heavy atom. The first-order valence-corrected chi connectivity index (χ1v) is 8.12. The monoisotopic (exact) mass is 236 g/mol.